The van der Waals surface area contributed by atoms with E-state index in [0.29, 0.717) is 0 Å². The molecule has 1 N–H and O–H groups in total. The van der Waals surface area contributed by atoms with Crippen molar-refractivity contribution in [2.24, 2.45) is 0 Å². The number of hydrogen-bond donors (Lipinski definition) is 1. The Labute approximate surface area is 135 Å². The van der Waals surface area contributed by atoms with E-state index in [4.69, 9.17) is 16.7 Å². The first-order valence-electron chi connectivity index (χ1n) is 4.09. The molecule has 0 bridgehead atoms. The van der Waals surface area contributed by atoms with Crippen molar-refractivity contribution in [2.75, 3.05) is 6.26 Å². The van der Waals surface area contributed by atoms with Crippen LogP contribution in [0.1, 0.15) is 15.9 Å². The molecule has 0 unspecified atom stereocenters. The molecule has 90 valence electrons. The fourth-order valence-corrected chi connectivity index (χ4v) is 3.48. The summed E-state index contributed by atoms with van der Waals surface area (Å²) in [5, 5.41) is 8.96. The molecule has 0 amide bonds. The van der Waals surface area contributed by atoms with Crippen LogP contribution in [0.3, 0.4) is 0 Å². The zero-order valence-electron chi connectivity index (χ0n) is 8.20. The molecule has 0 aliphatic carbocycles. The van der Waals surface area contributed by atoms with Crippen LogP contribution in [0.15, 0.2) is 17.0 Å². The van der Waals surface area contributed by atoms with E-state index < -0.39 is 15.8 Å². The molecule has 0 spiro atoms. The van der Waals surface area contributed by atoms with E-state index in [-0.39, 0.29) is 55.9 Å². The normalized spacial score (nSPS) is 10.8. The van der Waals surface area contributed by atoms with Crippen molar-refractivity contribution in [1.82, 2.24) is 0 Å². The van der Waals surface area contributed by atoms with Gasteiger partial charge in [-0.15, -0.1) is 0 Å². The number of carboxylic acids is 1. The van der Waals surface area contributed by atoms with E-state index in [1.165, 1.54) is 12.1 Å². The van der Waals surface area contributed by atoms with Gasteiger partial charge >= 0.3 is 35.5 Å². The molecule has 0 fully saturated rings. The number of carboxylic acid groups (broad SMARTS) is 1. The van der Waals surface area contributed by atoms with Gasteiger partial charge in [0.1, 0.15) is 0 Å². The summed E-state index contributed by atoms with van der Waals surface area (Å²) in [4.78, 5) is 10.8. The molecule has 17 heavy (non-hydrogen) atoms. The molecule has 0 atom stereocenters. The molecular formula is C9H9BrClNaO4S. The van der Waals surface area contributed by atoms with Crippen molar-refractivity contribution in [2.45, 2.75) is 10.2 Å². The fraction of sp³-hybridized carbons (Fsp3) is 0.222. The summed E-state index contributed by atoms with van der Waals surface area (Å²) in [6.07, 6.45) is 1.05. The van der Waals surface area contributed by atoms with Gasteiger partial charge in [0.05, 0.1) is 15.5 Å². The van der Waals surface area contributed by atoms with Gasteiger partial charge in [0, 0.05) is 17.1 Å². The van der Waals surface area contributed by atoms with Gasteiger partial charge in [0.2, 0.25) is 0 Å². The first-order chi connectivity index (χ1) is 7.29. The Bertz CT molecular complexity index is 544. The Hall–Kier alpha value is 0.410. The third-order valence-electron chi connectivity index (χ3n) is 1.96. The topological polar surface area (TPSA) is 71.4 Å². The Balaban J connectivity index is 0.00000256. The van der Waals surface area contributed by atoms with Crippen LogP contribution in [-0.4, -0.2) is 55.3 Å². The molecule has 0 saturated carbocycles. The molecule has 1 rings (SSSR count). The molecule has 0 aliphatic rings. The summed E-state index contributed by atoms with van der Waals surface area (Å²) in [6, 6.07) is 2.44. The van der Waals surface area contributed by atoms with E-state index >= 15 is 0 Å². The Morgan fingerprint density at radius 3 is 2.35 bits per heavy atom. The number of halogens is 2. The van der Waals surface area contributed by atoms with Gasteiger partial charge in [-0.3, -0.25) is 0 Å². The van der Waals surface area contributed by atoms with E-state index in [1.54, 1.807) is 0 Å². The quantitative estimate of drug-likeness (QED) is 0.664. The first kappa shape index (κ1) is 17.4. The maximum atomic E-state index is 11.4. The monoisotopic (exact) mass is 350 g/mol. The summed E-state index contributed by atoms with van der Waals surface area (Å²) >= 11 is 8.93. The van der Waals surface area contributed by atoms with Crippen LogP contribution >= 0.6 is 27.5 Å². The van der Waals surface area contributed by atoms with Crippen molar-refractivity contribution in [1.29, 1.82) is 0 Å². The van der Waals surface area contributed by atoms with Gasteiger partial charge in [0.15, 0.2) is 9.84 Å². The summed E-state index contributed by atoms with van der Waals surface area (Å²) < 4.78 is 22.8. The van der Waals surface area contributed by atoms with Crippen LogP contribution in [0.5, 0.6) is 0 Å². The molecule has 8 heteroatoms. The second-order valence-electron chi connectivity index (χ2n) is 3.11. The Morgan fingerprint density at radius 1 is 1.47 bits per heavy atom. The summed E-state index contributed by atoms with van der Waals surface area (Å²) in [6.45, 7) is 0. The number of hydrogen-bond acceptors (Lipinski definition) is 3. The van der Waals surface area contributed by atoms with E-state index in [1.807, 2.05) is 0 Å². The maximum absolute atomic E-state index is 11.4. The molecule has 0 aromatic heterocycles. The number of rotatable bonds is 3. The SMILES string of the molecule is CS(=O)(=O)c1ccc(C(=O)O)c(Cl)c1CBr.[NaH]. The van der Waals surface area contributed by atoms with Gasteiger partial charge in [-0.1, -0.05) is 27.5 Å². The average Bonchev–Trinajstić information content (AvgIpc) is 2.15. The molecule has 0 saturated heterocycles. The minimum absolute atomic E-state index is 0. The Kier molecular flexibility index (Phi) is 6.70. The number of sulfone groups is 1. The molecule has 0 radical (unpaired) electrons. The second-order valence-corrected chi connectivity index (χ2v) is 6.04. The predicted molar refractivity (Wildman–Crippen MR) is 71.3 cm³/mol. The summed E-state index contributed by atoms with van der Waals surface area (Å²) in [7, 11) is -3.42. The molecule has 4 nitrogen and oxygen atoms in total. The Morgan fingerprint density at radius 2 is 2.00 bits per heavy atom. The van der Waals surface area contributed by atoms with E-state index in [0.717, 1.165) is 6.26 Å². The van der Waals surface area contributed by atoms with Gasteiger partial charge in [0.25, 0.3) is 0 Å². The van der Waals surface area contributed by atoms with Crippen molar-refractivity contribution in [3.05, 3.63) is 28.3 Å². The van der Waals surface area contributed by atoms with E-state index in [9.17, 15) is 13.2 Å². The third kappa shape index (κ3) is 3.94. The van der Waals surface area contributed by atoms with Crippen LogP contribution in [-0.2, 0) is 15.2 Å². The van der Waals surface area contributed by atoms with Gasteiger partial charge in [-0.25, -0.2) is 13.2 Å². The fourth-order valence-electron chi connectivity index (χ4n) is 1.24. The van der Waals surface area contributed by atoms with Crippen molar-refractivity contribution in [3.8, 4) is 0 Å². The summed E-state index contributed by atoms with van der Waals surface area (Å²) in [5.74, 6) is -1.19. The zero-order chi connectivity index (χ0) is 12.5. The van der Waals surface area contributed by atoms with Crippen LogP contribution in [0.2, 0.25) is 5.02 Å². The van der Waals surface area contributed by atoms with Crippen LogP contribution in [0.25, 0.3) is 0 Å². The van der Waals surface area contributed by atoms with Crippen LogP contribution < -0.4 is 0 Å². The van der Waals surface area contributed by atoms with Crippen molar-refractivity contribution < 1.29 is 18.3 Å². The van der Waals surface area contributed by atoms with Gasteiger partial charge in [-0.2, -0.15) is 0 Å². The average molecular weight is 352 g/mol. The van der Waals surface area contributed by atoms with Crippen LogP contribution in [0, 0.1) is 0 Å². The second kappa shape index (κ2) is 6.54. The van der Waals surface area contributed by atoms with Crippen molar-refractivity contribution in [3.63, 3.8) is 0 Å². The van der Waals surface area contributed by atoms with E-state index in [2.05, 4.69) is 15.9 Å². The molecule has 1 aromatic carbocycles. The molecular weight excluding hydrogens is 343 g/mol. The number of alkyl halides is 1. The predicted octanol–water partition coefficient (Wildman–Crippen LogP) is 1.69. The molecule has 1 aromatic rings. The first-order valence-corrected chi connectivity index (χ1v) is 7.48. The number of aromatic carboxylic acids is 1. The summed E-state index contributed by atoms with van der Waals surface area (Å²) in [5.41, 5.74) is 0.160. The number of carbonyl (C=O) groups is 1. The van der Waals surface area contributed by atoms with Crippen molar-refractivity contribution >= 4 is 72.9 Å². The standard InChI is InChI=1S/C9H8BrClO4S.Na.H/c1-16(14,15)7-3-2-5(9(12)13)8(11)6(7)4-10;;/h2-3H,4H2,1H3,(H,12,13);;. The minimum atomic E-state index is -3.42. The zero-order valence-corrected chi connectivity index (χ0v) is 11.4. The van der Waals surface area contributed by atoms with Gasteiger partial charge in [-0.05, 0) is 12.1 Å². The number of benzene rings is 1. The molecule has 0 heterocycles. The van der Waals surface area contributed by atoms with Crippen LogP contribution in [0.4, 0.5) is 0 Å². The molecule has 0 aliphatic heterocycles. The van der Waals surface area contributed by atoms with Gasteiger partial charge < -0.3 is 5.11 Å². The third-order valence-corrected chi connectivity index (χ3v) is 4.14.